The Morgan fingerprint density at radius 2 is 1.70 bits per heavy atom. The molecule has 0 aliphatic heterocycles. The standard InChI is InChI=1S/C16H15N3O.C2HF3O2/c1-3-19-14-9-5-4-7-12(14)18-16-13(17-11(2)20)8-6-10-15(16)19;3-2(4,5)1(6)7/h4-10H,3H2,1-2H3;(H,6,7). The average molecular weight is 379 g/mol. The molecular formula is C18H16F3N3O3. The molecule has 0 saturated heterocycles. The van der Waals surface area contributed by atoms with Crippen LogP contribution >= 0.6 is 0 Å². The molecule has 1 amide bonds. The maximum Gasteiger partial charge on any atom is 0.430 e. The Morgan fingerprint density at radius 3 is 2.26 bits per heavy atom. The number of amides is 1. The van der Waals surface area contributed by atoms with Crippen molar-refractivity contribution < 1.29 is 32.4 Å². The number of hydrogen-bond acceptors (Lipinski definition) is 4. The van der Waals surface area contributed by atoms with Crippen molar-refractivity contribution in [2.45, 2.75) is 26.6 Å². The number of carboxylic acid groups (broad SMARTS) is 1. The smallest absolute Gasteiger partial charge is 0.430 e. The summed E-state index contributed by atoms with van der Waals surface area (Å²) in [5, 5.41) is 11.6. The largest absolute Gasteiger partial charge is 0.542 e. The van der Waals surface area contributed by atoms with Crippen LogP contribution in [0.2, 0.25) is 0 Å². The minimum atomic E-state index is -5.19. The molecule has 6 nitrogen and oxygen atoms in total. The second kappa shape index (κ2) is 7.98. The number of rotatable bonds is 2. The number of carbonyl (C=O) groups is 2. The molecule has 0 atom stereocenters. The molecule has 142 valence electrons. The van der Waals surface area contributed by atoms with Gasteiger partial charge in [-0.05, 0) is 19.1 Å². The van der Waals surface area contributed by atoms with Crippen molar-refractivity contribution in [3.05, 3.63) is 42.5 Å². The van der Waals surface area contributed by atoms with Crippen molar-refractivity contribution in [3.63, 3.8) is 0 Å². The highest BCUT2D eigenvalue weighted by atomic mass is 19.4. The van der Waals surface area contributed by atoms with Gasteiger partial charge in [-0.25, -0.2) is 4.98 Å². The minimum Gasteiger partial charge on any atom is -0.542 e. The average Bonchev–Trinajstić information content (AvgIpc) is 2.59. The number of aliphatic carboxylic acids is 1. The molecule has 1 aromatic heterocycles. The zero-order valence-corrected chi connectivity index (χ0v) is 14.5. The highest BCUT2D eigenvalue weighted by Crippen LogP contribution is 2.22. The number of halogens is 3. The van der Waals surface area contributed by atoms with E-state index in [4.69, 9.17) is 14.9 Å². The number of benzene rings is 2. The second-order valence-corrected chi connectivity index (χ2v) is 5.48. The predicted octanol–water partition coefficient (Wildman–Crippen LogP) is 1.95. The Labute approximate surface area is 152 Å². The summed E-state index contributed by atoms with van der Waals surface area (Å²) in [5.41, 5.74) is 4.63. The fraction of sp³-hybridized carbons (Fsp3) is 0.222. The van der Waals surface area contributed by atoms with E-state index in [0.717, 1.165) is 34.3 Å². The SMILES string of the molecule is CC[n+]1c2ccccc2nc2c(NC(C)=O)cccc21.O=C([O-])C(F)(F)F. The third-order valence-corrected chi connectivity index (χ3v) is 3.57. The van der Waals surface area contributed by atoms with Crippen LogP contribution in [0.5, 0.6) is 0 Å². The first-order valence-corrected chi connectivity index (χ1v) is 7.92. The molecule has 3 aromatic rings. The van der Waals surface area contributed by atoms with Gasteiger partial charge in [0.2, 0.25) is 16.9 Å². The van der Waals surface area contributed by atoms with E-state index in [2.05, 4.69) is 22.9 Å². The van der Waals surface area contributed by atoms with Crippen molar-refractivity contribution in [1.82, 2.24) is 4.98 Å². The number of anilines is 1. The molecule has 0 spiro atoms. The van der Waals surface area contributed by atoms with Gasteiger partial charge in [0.1, 0.15) is 18.0 Å². The first kappa shape index (κ1) is 20.1. The monoisotopic (exact) mass is 379 g/mol. The first-order valence-electron chi connectivity index (χ1n) is 7.92. The lowest BCUT2D eigenvalue weighted by Crippen LogP contribution is -2.37. The summed E-state index contributed by atoms with van der Waals surface area (Å²) in [4.78, 5) is 24.8. The number of hydrogen-bond donors (Lipinski definition) is 1. The third-order valence-electron chi connectivity index (χ3n) is 3.57. The van der Waals surface area contributed by atoms with Gasteiger partial charge in [-0.1, -0.05) is 18.2 Å². The van der Waals surface area contributed by atoms with Gasteiger partial charge in [-0.2, -0.15) is 17.7 Å². The number of alkyl halides is 3. The van der Waals surface area contributed by atoms with Gasteiger partial charge in [-0.15, -0.1) is 0 Å². The van der Waals surface area contributed by atoms with Gasteiger partial charge in [0.25, 0.3) is 0 Å². The molecule has 9 heteroatoms. The maximum absolute atomic E-state index is 11.3. The summed E-state index contributed by atoms with van der Waals surface area (Å²) in [5.74, 6) is -3.09. The topological polar surface area (TPSA) is 86.0 Å². The Balaban J connectivity index is 0.000000321. The normalized spacial score (nSPS) is 11.0. The van der Waals surface area contributed by atoms with Gasteiger partial charge in [0.05, 0.1) is 5.69 Å². The van der Waals surface area contributed by atoms with Crippen molar-refractivity contribution in [1.29, 1.82) is 0 Å². The van der Waals surface area contributed by atoms with Crippen LogP contribution in [-0.2, 0) is 16.1 Å². The van der Waals surface area contributed by atoms with E-state index in [1.807, 2.05) is 36.4 Å². The van der Waals surface area contributed by atoms with Gasteiger partial charge in [0, 0.05) is 19.1 Å². The molecule has 0 bridgehead atoms. The number of carboxylic acids is 1. The van der Waals surface area contributed by atoms with Crippen LogP contribution in [0.25, 0.3) is 22.1 Å². The van der Waals surface area contributed by atoms with E-state index in [9.17, 15) is 18.0 Å². The van der Waals surface area contributed by atoms with Crippen LogP contribution in [0.1, 0.15) is 13.8 Å². The lowest BCUT2D eigenvalue weighted by atomic mass is 10.2. The molecule has 0 unspecified atom stereocenters. The van der Waals surface area contributed by atoms with Crippen LogP contribution in [0, 0.1) is 0 Å². The van der Waals surface area contributed by atoms with Gasteiger partial charge >= 0.3 is 6.18 Å². The maximum atomic E-state index is 11.3. The molecule has 1 N–H and O–H groups in total. The zero-order chi connectivity index (χ0) is 20.2. The molecule has 0 radical (unpaired) electrons. The minimum absolute atomic E-state index is 0.0875. The molecule has 0 aliphatic rings. The summed E-state index contributed by atoms with van der Waals surface area (Å²) in [6.45, 7) is 4.47. The number of aromatic nitrogens is 2. The lowest BCUT2D eigenvalue weighted by Gasteiger charge is -2.07. The fourth-order valence-corrected chi connectivity index (χ4v) is 2.54. The van der Waals surface area contributed by atoms with E-state index >= 15 is 0 Å². The zero-order valence-electron chi connectivity index (χ0n) is 14.5. The summed E-state index contributed by atoms with van der Waals surface area (Å²) in [7, 11) is 0. The summed E-state index contributed by atoms with van der Waals surface area (Å²) in [6.07, 6.45) is -5.19. The Kier molecular flexibility index (Phi) is 5.94. The van der Waals surface area contributed by atoms with Crippen LogP contribution in [0.3, 0.4) is 0 Å². The van der Waals surface area contributed by atoms with Crippen LogP contribution in [0.15, 0.2) is 42.5 Å². The number of aryl methyl sites for hydroxylation is 1. The fourth-order valence-electron chi connectivity index (χ4n) is 2.54. The van der Waals surface area contributed by atoms with Gasteiger partial charge in [0.15, 0.2) is 5.52 Å². The van der Waals surface area contributed by atoms with Gasteiger partial charge in [-0.3, -0.25) is 4.79 Å². The number of carbonyl (C=O) groups excluding carboxylic acids is 2. The molecule has 0 fully saturated rings. The first-order chi connectivity index (χ1) is 12.6. The third kappa shape index (κ3) is 4.69. The number of para-hydroxylation sites is 3. The van der Waals surface area contributed by atoms with Crippen LogP contribution in [-0.4, -0.2) is 23.0 Å². The Hall–Kier alpha value is -3.23. The van der Waals surface area contributed by atoms with E-state index in [-0.39, 0.29) is 5.91 Å². The predicted molar refractivity (Wildman–Crippen MR) is 90.5 cm³/mol. The number of nitrogens with zero attached hydrogens (tertiary/aromatic N) is 2. The lowest BCUT2D eigenvalue weighted by molar-refractivity contribution is -0.641. The number of nitrogens with one attached hydrogen (secondary N) is 1. The van der Waals surface area contributed by atoms with Crippen LogP contribution < -0.4 is 15.0 Å². The van der Waals surface area contributed by atoms with Crippen molar-refractivity contribution >= 4 is 39.6 Å². The summed E-state index contributed by atoms with van der Waals surface area (Å²) in [6, 6.07) is 13.9. The molecule has 27 heavy (non-hydrogen) atoms. The Bertz CT molecular complexity index is 1000. The molecular weight excluding hydrogens is 363 g/mol. The Morgan fingerprint density at radius 1 is 1.11 bits per heavy atom. The molecule has 2 aromatic carbocycles. The molecule has 0 aliphatic carbocycles. The summed E-state index contributed by atoms with van der Waals surface area (Å²) < 4.78 is 33.8. The van der Waals surface area contributed by atoms with E-state index < -0.39 is 12.1 Å². The summed E-state index contributed by atoms with van der Waals surface area (Å²) >= 11 is 0. The van der Waals surface area contributed by atoms with Crippen molar-refractivity contribution in [2.75, 3.05) is 5.32 Å². The molecule has 0 saturated carbocycles. The molecule has 1 heterocycles. The number of fused-ring (bicyclic) bond motifs is 2. The highest BCUT2D eigenvalue weighted by molar-refractivity contribution is 5.98. The van der Waals surface area contributed by atoms with E-state index in [1.165, 1.54) is 6.92 Å². The van der Waals surface area contributed by atoms with Gasteiger partial charge < -0.3 is 15.2 Å². The van der Waals surface area contributed by atoms with Crippen molar-refractivity contribution in [3.8, 4) is 0 Å². The van der Waals surface area contributed by atoms with Crippen LogP contribution in [0.4, 0.5) is 18.9 Å². The van der Waals surface area contributed by atoms with E-state index in [1.54, 1.807) is 0 Å². The second-order valence-electron chi connectivity index (χ2n) is 5.48. The van der Waals surface area contributed by atoms with E-state index in [0.29, 0.717) is 0 Å². The molecule has 3 rings (SSSR count). The van der Waals surface area contributed by atoms with Crippen molar-refractivity contribution in [2.24, 2.45) is 0 Å². The highest BCUT2D eigenvalue weighted by Gasteiger charge is 2.28. The quantitative estimate of drug-likeness (QED) is 0.545.